The van der Waals surface area contributed by atoms with Gasteiger partial charge in [0.15, 0.2) is 0 Å². The van der Waals surface area contributed by atoms with Crippen molar-refractivity contribution >= 4 is 16.8 Å². The first-order chi connectivity index (χ1) is 14.9. The van der Waals surface area contributed by atoms with Crippen molar-refractivity contribution in [1.29, 1.82) is 5.26 Å². The SMILES string of the molecule is CCCC(=O)N1CCc2c(cccc2-c2c(C#N)cc(C(N)O)c3[nH]c(C)c(C)c23)C1. The number of nitrogens with one attached hydrogen (secondary N) is 1. The topological polar surface area (TPSA) is 106 Å². The summed E-state index contributed by atoms with van der Waals surface area (Å²) < 4.78 is 0. The maximum atomic E-state index is 12.4. The molecule has 1 aliphatic rings. The van der Waals surface area contributed by atoms with Crippen molar-refractivity contribution < 1.29 is 9.90 Å². The molecule has 160 valence electrons. The predicted octanol–water partition coefficient (Wildman–Crippen LogP) is 3.96. The first kappa shape index (κ1) is 21.1. The minimum absolute atomic E-state index is 0.192. The maximum Gasteiger partial charge on any atom is 0.222 e. The predicted molar refractivity (Wildman–Crippen MR) is 121 cm³/mol. The second-order valence-electron chi connectivity index (χ2n) is 8.33. The number of H-pyrrole nitrogens is 1. The molecule has 3 aromatic rings. The Morgan fingerprint density at radius 3 is 2.84 bits per heavy atom. The first-order valence-corrected chi connectivity index (χ1v) is 10.8. The summed E-state index contributed by atoms with van der Waals surface area (Å²) in [5, 5.41) is 21.0. The van der Waals surface area contributed by atoms with Crippen LogP contribution in [0, 0.1) is 25.2 Å². The lowest BCUT2D eigenvalue weighted by Gasteiger charge is -2.30. The number of aryl methyl sites for hydroxylation is 2. The Morgan fingerprint density at radius 2 is 2.16 bits per heavy atom. The fourth-order valence-electron chi connectivity index (χ4n) is 4.71. The Morgan fingerprint density at radius 1 is 1.39 bits per heavy atom. The Kier molecular flexibility index (Phi) is 5.57. The van der Waals surface area contributed by atoms with Crippen molar-refractivity contribution in [3.05, 3.63) is 57.8 Å². The number of benzene rings is 2. The number of nitrogens with zero attached hydrogens (tertiary/aromatic N) is 2. The number of rotatable bonds is 4. The second kappa shape index (κ2) is 8.18. The molecule has 1 amide bonds. The number of nitriles is 1. The third-order valence-corrected chi connectivity index (χ3v) is 6.40. The van der Waals surface area contributed by atoms with Crippen molar-refractivity contribution in [2.24, 2.45) is 5.73 Å². The van der Waals surface area contributed by atoms with E-state index in [1.165, 1.54) is 5.56 Å². The van der Waals surface area contributed by atoms with E-state index in [0.29, 0.717) is 30.6 Å². The summed E-state index contributed by atoms with van der Waals surface area (Å²) in [7, 11) is 0. The smallest absolute Gasteiger partial charge is 0.222 e. The number of hydrogen-bond donors (Lipinski definition) is 3. The van der Waals surface area contributed by atoms with E-state index in [4.69, 9.17) is 5.73 Å². The molecule has 0 radical (unpaired) electrons. The van der Waals surface area contributed by atoms with Crippen molar-refractivity contribution in [3.63, 3.8) is 0 Å². The summed E-state index contributed by atoms with van der Waals surface area (Å²) in [4.78, 5) is 17.7. The van der Waals surface area contributed by atoms with Gasteiger partial charge in [0, 0.05) is 41.7 Å². The molecule has 0 saturated carbocycles. The van der Waals surface area contributed by atoms with Crippen LogP contribution in [-0.4, -0.2) is 27.4 Å². The van der Waals surface area contributed by atoms with Crippen molar-refractivity contribution in [2.75, 3.05) is 6.54 Å². The second-order valence-corrected chi connectivity index (χ2v) is 8.33. The summed E-state index contributed by atoms with van der Waals surface area (Å²) in [5.74, 6) is 0.192. The Bertz CT molecular complexity index is 1220. The summed E-state index contributed by atoms with van der Waals surface area (Å²) in [5.41, 5.74) is 13.8. The van der Waals surface area contributed by atoms with E-state index in [1.807, 2.05) is 31.7 Å². The van der Waals surface area contributed by atoms with Gasteiger partial charge in [0.2, 0.25) is 5.91 Å². The molecule has 2 aromatic carbocycles. The molecule has 4 N–H and O–H groups in total. The van der Waals surface area contributed by atoms with E-state index < -0.39 is 6.23 Å². The number of carbonyl (C=O) groups excluding carboxylic acids is 1. The van der Waals surface area contributed by atoms with Crippen LogP contribution in [0.5, 0.6) is 0 Å². The van der Waals surface area contributed by atoms with Gasteiger partial charge in [-0.25, -0.2) is 0 Å². The lowest BCUT2D eigenvalue weighted by Crippen LogP contribution is -2.35. The average Bonchev–Trinajstić information content (AvgIpc) is 3.06. The quantitative estimate of drug-likeness (QED) is 0.560. The largest absolute Gasteiger partial charge is 0.374 e. The zero-order valence-electron chi connectivity index (χ0n) is 18.2. The van der Waals surface area contributed by atoms with Gasteiger partial charge in [-0.3, -0.25) is 4.79 Å². The highest BCUT2D eigenvalue weighted by molar-refractivity contribution is 6.03. The minimum atomic E-state index is -1.18. The molecule has 1 atom stereocenters. The molecular weight excluding hydrogens is 388 g/mol. The zero-order chi connectivity index (χ0) is 22.3. The average molecular weight is 417 g/mol. The first-order valence-electron chi connectivity index (χ1n) is 10.8. The van der Waals surface area contributed by atoms with Crippen LogP contribution in [-0.2, 0) is 17.8 Å². The monoisotopic (exact) mass is 416 g/mol. The third-order valence-electron chi connectivity index (χ3n) is 6.40. The molecule has 31 heavy (non-hydrogen) atoms. The van der Waals surface area contributed by atoms with E-state index in [0.717, 1.165) is 51.7 Å². The normalized spacial score (nSPS) is 14.4. The van der Waals surface area contributed by atoms with Gasteiger partial charge < -0.3 is 20.7 Å². The molecule has 0 bridgehead atoms. The Hall–Kier alpha value is -3.14. The minimum Gasteiger partial charge on any atom is -0.374 e. The number of nitrogens with two attached hydrogens (primary N) is 1. The van der Waals surface area contributed by atoms with E-state index in [9.17, 15) is 15.2 Å². The Balaban J connectivity index is 1.94. The van der Waals surface area contributed by atoms with E-state index in [-0.39, 0.29) is 5.91 Å². The lowest BCUT2D eigenvalue weighted by molar-refractivity contribution is -0.132. The van der Waals surface area contributed by atoms with Crippen LogP contribution in [0.15, 0.2) is 24.3 Å². The van der Waals surface area contributed by atoms with E-state index >= 15 is 0 Å². The highest BCUT2D eigenvalue weighted by Gasteiger charge is 2.26. The molecule has 1 aliphatic heterocycles. The number of amides is 1. The standard InChI is InChI=1S/C25H28N4O2/c1-4-6-21(30)29-10-9-18-16(13-29)7-5-8-19(18)23-17(12-26)11-20(25(27)31)24-22(23)14(2)15(3)28-24/h5,7-8,11,25,28,31H,4,6,9-10,13,27H2,1-3H3. The van der Waals surface area contributed by atoms with Crippen LogP contribution in [0.4, 0.5) is 0 Å². The van der Waals surface area contributed by atoms with Crippen LogP contribution in [0.2, 0.25) is 0 Å². The zero-order valence-corrected chi connectivity index (χ0v) is 18.2. The van der Waals surface area contributed by atoms with Gasteiger partial charge >= 0.3 is 0 Å². The molecule has 1 aromatic heterocycles. The Labute approximate surface area is 182 Å². The molecule has 0 saturated heterocycles. The van der Waals surface area contributed by atoms with Gasteiger partial charge in [-0.1, -0.05) is 25.1 Å². The molecule has 6 nitrogen and oxygen atoms in total. The fraction of sp³-hybridized carbons (Fsp3) is 0.360. The molecular formula is C25H28N4O2. The van der Waals surface area contributed by atoms with Gasteiger partial charge in [-0.05, 0) is 55.0 Å². The maximum absolute atomic E-state index is 12.4. The van der Waals surface area contributed by atoms with Gasteiger partial charge in [0.05, 0.1) is 17.1 Å². The molecule has 1 unspecified atom stereocenters. The van der Waals surface area contributed by atoms with E-state index in [2.05, 4.69) is 23.2 Å². The number of fused-ring (bicyclic) bond motifs is 2. The van der Waals surface area contributed by atoms with Crippen LogP contribution >= 0.6 is 0 Å². The number of carbonyl (C=O) groups is 1. The molecule has 0 fully saturated rings. The fourth-order valence-corrected chi connectivity index (χ4v) is 4.71. The number of aliphatic hydroxyl groups excluding tert-OH is 1. The molecule has 2 heterocycles. The van der Waals surface area contributed by atoms with Gasteiger partial charge in [0.1, 0.15) is 6.23 Å². The van der Waals surface area contributed by atoms with Gasteiger partial charge in [-0.15, -0.1) is 0 Å². The molecule has 0 aliphatic carbocycles. The molecule has 4 rings (SSSR count). The molecule has 6 heteroatoms. The number of aliphatic hydroxyl groups is 1. The van der Waals surface area contributed by atoms with Crippen molar-refractivity contribution in [2.45, 2.75) is 52.8 Å². The van der Waals surface area contributed by atoms with Gasteiger partial charge in [0.25, 0.3) is 0 Å². The summed E-state index contributed by atoms with van der Waals surface area (Å²) in [6.07, 6.45) is 0.983. The van der Waals surface area contributed by atoms with Crippen molar-refractivity contribution in [1.82, 2.24) is 9.88 Å². The lowest BCUT2D eigenvalue weighted by atomic mass is 9.85. The molecule has 0 spiro atoms. The van der Waals surface area contributed by atoms with E-state index in [1.54, 1.807) is 6.07 Å². The summed E-state index contributed by atoms with van der Waals surface area (Å²) in [6.45, 7) is 7.30. The van der Waals surface area contributed by atoms with Crippen LogP contribution in [0.25, 0.3) is 22.0 Å². The number of hydrogen-bond acceptors (Lipinski definition) is 4. The summed E-state index contributed by atoms with van der Waals surface area (Å²) >= 11 is 0. The van der Waals surface area contributed by atoms with Crippen LogP contribution in [0.1, 0.15) is 59.5 Å². The van der Waals surface area contributed by atoms with Gasteiger partial charge in [-0.2, -0.15) is 5.26 Å². The number of aromatic nitrogens is 1. The summed E-state index contributed by atoms with van der Waals surface area (Å²) in [6, 6.07) is 10.1. The van der Waals surface area contributed by atoms with Crippen molar-refractivity contribution in [3.8, 4) is 17.2 Å². The highest BCUT2D eigenvalue weighted by Crippen LogP contribution is 2.41. The van der Waals surface area contributed by atoms with Crippen LogP contribution in [0.3, 0.4) is 0 Å². The third kappa shape index (κ3) is 3.50. The number of aromatic amines is 1. The highest BCUT2D eigenvalue weighted by atomic mass is 16.3. The van der Waals surface area contributed by atoms with Crippen LogP contribution < -0.4 is 5.73 Å².